The summed E-state index contributed by atoms with van der Waals surface area (Å²) in [6.07, 6.45) is 0. The zero-order valence-corrected chi connectivity index (χ0v) is 9.79. The molecule has 0 fully saturated rings. The fraction of sp³-hybridized carbons (Fsp3) is 0.364. The molecule has 0 unspecified atom stereocenters. The van der Waals surface area contributed by atoms with E-state index in [4.69, 9.17) is 14.2 Å². The van der Waals surface area contributed by atoms with Gasteiger partial charge in [0.1, 0.15) is 22.8 Å². The number of hydrogen-bond donors (Lipinski definition) is 1. The van der Waals surface area contributed by atoms with E-state index in [1.54, 1.807) is 19.2 Å². The van der Waals surface area contributed by atoms with Crippen LogP contribution in [0.2, 0.25) is 0 Å². The Bertz CT molecular complexity index is 365. The number of benzene rings is 1. The van der Waals surface area contributed by atoms with Crippen molar-refractivity contribution in [2.75, 3.05) is 28.4 Å². The number of ether oxygens (including phenoxy) is 3. The van der Waals surface area contributed by atoms with Crippen LogP contribution >= 0.6 is 0 Å². The lowest BCUT2D eigenvalue weighted by Gasteiger charge is -2.13. The molecule has 0 spiro atoms. The summed E-state index contributed by atoms with van der Waals surface area (Å²) in [5.41, 5.74) is 0.355. The van der Waals surface area contributed by atoms with Crippen molar-refractivity contribution in [3.8, 4) is 17.2 Å². The third-order valence-electron chi connectivity index (χ3n) is 2.17. The Labute approximate surface area is 94.3 Å². The fourth-order valence-electron chi connectivity index (χ4n) is 1.35. The van der Waals surface area contributed by atoms with Crippen LogP contribution in [0.15, 0.2) is 12.1 Å². The minimum atomic E-state index is -0.267. The van der Waals surface area contributed by atoms with Crippen molar-refractivity contribution >= 4 is 5.91 Å². The van der Waals surface area contributed by atoms with Crippen LogP contribution in [0.4, 0.5) is 0 Å². The zero-order chi connectivity index (χ0) is 12.1. The SMILES string of the molecule is CNC(=O)c1c(OC)cc(OC)cc1OC. The number of rotatable bonds is 4. The molecule has 0 aromatic heterocycles. The highest BCUT2D eigenvalue weighted by Gasteiger charge is 2.18. The first kappa shape index (κ1) is 12.2. The molecule has 0 aliphatic heterocycles. The number of methoxy groups -OCH3 is 3. The number of nitrogens with one attached hydrogen (secondary N) is 1. The topological polar surface area (TPSA) is 56.8 Å². The Morgan fingerprint density at radius 3 is 1.88 bits per heavy atom. The van der Waals surface area contributed by atoms with Crippen molar-refractivity contribution in [1.82, 2.24) is 5.32 Å². The van der Waals surface area contributed by atoms with Crippen molar-refractivity contribution in [2.45, 2.75) is 0 Å². The highest BCUT2D eigenvalue weighted by molar-refractivity contribution is 5.99. The predicted molar refractivity (Wildman–Crippen MR) is 59.5 cm³/mol. The molecule has 88 valence electrons. The lowest BCUT2D eigenvalue weighted by atomic mass is 10.1. The smallest absolute Gasteiger partial charge is 0.258 e. The van der Waals surface area contributed by atoms with Crippen molar-refractivity contribution in [2.24, 2.45) is 0 Å². The third-order valence-corrected chi connectivity index (χ3v) is 2.17. The zero-order valence-electron chi connectivity index (χ0n) is 9.79. The van der Waals surface area contributed by atoms with Crippen LogP contribution in [0, 0.1) is 0 Å². The monoisotopic (exact) mass is 225 g/mol. The molecule has 0 saturated carbocycles. The molecule has 1 aromatic carbocycles. The summed E-state index contributed by atoms with van der Waals surface area (Å²) in [5, 5.41) is 2.53. The van der Waals surface area contributed by atoms with Crippen LogP contribution in [-0.2, 0) is 0 Å². The van der Waals surface area contributed by atoms with Gasteiger partial charge in [0.15, 0.2) is 0 Å². The second-order valence-electron chi connectivity index (χ2n) is 2.99. The van der Waals surface area contributed by atoms with E-state index in [0.29, 0.717) is 22.8 Å². The van der Waals surface area contributed by atoms with Gasteiger partial charge in [0.25, 0.3) is 5.91 Å². The Hall–Kier alpha value is -1.91. The second kappa shape index (κ2) is 5.25. The summed E-state index contributed by atoms with van der Waals surface area (Å²) in [6.45, 7) is 0. The molecule has 1 rings (SSSR count). The van der Waals surface area contributed by atoms with E-state index in [1.807, 2.05) is 0 Å². The van der Waals surface area contributed by atoms with Crippen LogP contribution in [0.5, 0.6) is 17.2 Å². The molecule has 0 aliphatic rings. The molecule has 5 heteroatoms. The number of carbonyl (C=O) groups is 1. The van der Waals surface area contributed by atoms with Crippen LogP contribution < -0.4 is 19.5 Å². The highest BCUT2D eigenvalue weighted by Crippen LogP contribution is 2.33. The molecular weight excluding hydrogens is 210 g/mol. The first-order valence-corrected chi connectivity index (χ1v) is 4.70. The largest absolute Gasteiger partial charge is 0.496 e. The minimum Gasteiger partial charge on any atom is -0.496 e. The molecule has 1 amide bonds. The summed E-state index contributed by atoms with van der Waals surface area (Å²) in [6, 6.07) is 3.26. The number of hydrogen-bond acceptors (Lipinski definition) is 4. The van der Waals surface area contributed by atoms with Crippen molar-refractivity contribution < 1.29 is 19.0 Å². The van der Waals surface area contributed by atoms with Gasteiger partial charge in [-0.1, -0.05) is 0 Å². The summed E-state index contributed by atoms with van der Waals surface area (Å²) in [7, 11) is 6.06. The van der Waals surface area contributed by atoms with Gasteiger partial charge in [0.2, 0.25) is 0 Å². The van der Waals surface area contributed by atoms with Gasteiger partial charge in [-0.05, 0) is 0 Å². The quantitative estimate of drug-likeness (QED) is 0.832. The van der Waals surface area contributed by atoms with Crippen molar-refractivity contribution in [3.05, 3.63) is 17.7 Å². The summed E-state index contributed by atoms with van der Waals surface area (Å²) in [4.78, 5) is 11.7. The van der Waals surface area contributed by atoms with E-state index in [0.717, 1.165) is 0 Å². The van der Waals surface area contributed by atoms with Crippen LogP contribution in [0.3, 0.4) is 0 Å². The molecule has 1 N–H and O–H groups in total. The van der Waals surface area contributed by atoms with Gasteiger partial charge in [0.05, 0.1) is 21.3 Å². The molecular formula is C11H15NO4. The molecule has 0 heterocycles. The van der Waals surface area contributed by atoms with Gasteiger partial charge in [0, 0.05) is 19.2 Å². The molecule has 0 aliphatic carbocycles. The number of carbonyl (C=O) groups excluding carboxylic acids is 1. The van der Waals surface area contributed by atoms with Gasteiger partial charge in [-0.25, -0.2) is 0 Å². The predicted octanol–water partition coefficient (Wildman–Crippen LogP) is 1.07. The van der Waals surface area contributed by atoms with Crippen molar-refractivity contribution in [1.29, 1.82) is 0 Å². The Balaban J connectivity index is 3.37. The van der Waals surface area contributed by atoms with Gasteiger partial charge < -0.3 is 19.5 Å². The Morgan fingerprint density at radius 2 is 1.56 bits per heavy atom. The molecule has 0 bridgehead atoms. The Morgan fingerprint density at radius 1 is 1.06 bits per heavy atom. The highest BCUT2D eigenvalue weighted by atomic mass is 16.5. The molecule has 5 nitrogen and oxygen atoms in total. The van der Waals surface area contributed by atoms with Gasteiger partial charge in [-0.2, -0.15) is 0 Å². The minimum absolute atomic E-state index is 0.267. The normalized spacial score (nSPS) is 9.50. The maximum atomic E-state index is 11.7. The van der Waals surface area contributed by atoms with E-state index < -0.39 is 0 Å². The first-order valence-electron chi connectivity index (χ1n) is 4.70. The fourth-order valence-corrected chi connectivity index (χ4v) is 1.35. The maximum absolute atomic E-state index is 11.7. The molecule has 1 aromatic rings. The standard InChI is InChI=1S/C11H15NO4/c1-12-11(13)10-8(15-3)5-7(14-2)6-9(10)16-4/h5-6H,1-4H3,(H,12,13). The van der Waals surface area contributed by atoms with Crippen molar-refractivity contribution in [3.63, 3.8) is 0 Å². The molecule has 0 atom stereocenters. The van der Waals surface area contributed by atoms with E-state index in [2.05, 4.69) is 5.32 Å². The summed E-state index contributed by atoms with van der Waals surface area (Å²) >= 11 is 0. The van der Waals surface area contributed by atoms with Crippen LogP contribution in [0.1, 0.15) is 10.4 Å². The third kappa shape index (κ3) is 2.18. The Kier molecular flexibility index (Phi) is 3.99. The molecule has 16 heavy (non-hydrogen) atoms. The maximum Gasteiger partial charge on any atom is 0.258 e. The average molecular weight is 225 g/mol. The van der Waals surface area contributed by atoms with Crippen LogP contribution in [-0.4, -0.2) is 34.3 Å². The van der Waals surface area contributed by atoms with E-state index >= 15 is 0 Å². The van der Waals surface area contributed by atoms with E-state index in [1.165, 1.54) is 21.3 Å². The number of amides is 1. The molecule has 0 radical (unpaired) electrons. The molecule has 0 saturated heterocycles. The van der Waals surface area contributed by atoms with Gasteiger partial charge in [-0.15, -0.1) is 0 Å². The summed E-state index contributed by atoms with van der Waals surface area (Å²) < 4.78 is 15.3. The van der Waals surface area contributed by atoms with Gasteiger partial charge >= 0.3 is 0 Å². The lowest BCUT2D eigenvalue weighted by molar-refractivity contribution is 0.0957. The summed E-state index contributed by atoms with van der Waals surface area (Å²) in [5.74, 6) is 1.13. The van der Waals surface area contributed by atoms with Gasteiger partial charge in [-0.3, -0.25) is 4.79 Å². The lowest BCUT2D eigenvalue weighted by Crippen LogP contribution is -2.19. The average Bonchev–Trinajstić information content (AvgIpc) is 2.35. The first-order chi connectivity index (χ1) is 7.67. The van der Waals surface area contributed by atoms with Crippen LogP contribution in [0.25, 0.3) is 0 Å². The second-order valence-corrected chi connectivity index (χ2v) is 2.99. The van der Waals surface area contributed by atoms with E-state index in [-0.39, 0.29) is 5.91 Å². The van der Waals surface area contributed by atoms with E-state index in [9.17, 15) is 4.79 Å².